The molecule has 0 aliphatic rings. The Hall–Kier alpha value is -3.49. The summed E-state index contributed by atoms with van der Waals surface area (Å²) in [7, 11) is 1.51. The summed E-state index contributed by atoms with van der Waals surface area (Å²) in [6.45, 7) is 2.12. The maximum Gasteiger partial charge on any atom is 0.332 e. The van der Waals surface area contributed by atoms with Crippen LogP contribution in [0.5, 0.6) is 11.6 Å². The molecule has 9 heteroatoms. The highest BCUT2D eigenvalue weighted by atomic mass is 19.1. The Kier molecular flexibility index (Phi) is 3.76. The molecule has 4 aromatic rings. The van der Waals surface area contributed by atoms with Gasteiger partial charge in [-0.15, -0.1) is 0 Å². The summed E-state index contributed by atoms with van der Waals surface area (Å²) in [4.78, 5) is 27.3. The second-order valence-electron chi connectivity index (χ2n) is 5.41. The van der Waals surface area contributed by atoms with E-state index >= 15 is 0 Å². The number of nitrogens with one attached hydrogen (secondary N) is 1. The number of pyridine rings is 1. The Balaban J connectivity index is 2.08. The van der Waals surface area contributed by atoms with Crippen molar-refractivity contribution >= 4 is 22.1 Å². The molecular weight excluding hydrogens is 341 g/mol. The maximum absolute atomic E-state index is 14.8. The minimum absolute atomic E-state index is 0.0239. The van der Waals surface area contributed by atoms with Crippen LogP contribution in [0.25, 0.3) is 27.8 Å². The van der Waals surface area contributed by atoms with E-state index < -0.39 is 11.5 Å². The zero-order chi connectivity index (χ0) is 18.3. The third kappa shape index (κ3) is 2.36. The third-order valence-corrected chi connectivity index (χ3v) is 3.95. The molecule has 8 nitrogen and oxygen atoms in total. The summed E-state index contributed by atoms with van der Waals surface area (Å²) < 4.78 is 26.8. The van der Waals surface area contributed by atoms with Crippen LogP contribution in [0.4, 0.5) is 4.39 Å². The standard InChI is InChI=1S/C17H14FN5O3/c1-3-26-16-14-15(20-8-21-16)22-17(24)23(14)12-6-9-11(7-10(12)18)19-5-4-13(9)25-2/h4-8H,3H2,1-2H3,(H,20,21,22,24). The zero-order valence-electron chi connectivity index (χ0n) is 14.0. The summed E-state index contributed by atoms with van der Waals surface area (Å²) in [5, 5.41) is 0.572. The van der Waals surface area contributed by atoms with Gasteiger partial charge in [-0.3, -0.25) is 14.5 Å². The molecule has 0 radical (unpaired) electrons. The quantitative estimate of drug-likeness (QED) is 0.603. The SMILES string of the molecule is CCOc1ncnc2[nH]c(=O)n(-c3cc4c(OC)ccnc4cc3F)c12. The zero-order valence-corrected chi connectivity index (χ0v) is 14.0. The van der Waals surface area contributed by atoms with Crippen LogP contribution in [0.2, 0.25) is 0 Å². The van der Waals surface area contributed by atoms with Crippen molar-refractivity contribution in [1.82, 2.24) is 24.5 Å². The summed E-state index contributed by atoms with van der Waals surface area (Å²) in [6, 6.07) is 4.42. The lowest BCUT2D eigenvalue weighted by atomic mass is 10.1. The lowest BCUT2D eigenvalue weighted by molar-refractivity contribution is 0.329. The van der Waals surface area contributed by atoms with E-state index in [1.807, 2.05) is 0 Å². The van der Waals surface area contributed by atoms with E-state index in [1.165, 1.54) is 31.8 Å². The Bertz CT molecular complexity index is 1180. The molecule has 3 heterocycles. The number of ether oxygens (including phenoxy) is 2. The first-order valence-electron chi connectivity index (χ1n) is 7.85. The first-order valence-corrected chi connectivity index (χ1v) is 7.85. The molecule has 0 saturated carbocycles. The van der Waals surface area contributed by atoms with Crippen molar-refractivity contribution in [2.45, 2.75) is 6.92 Å². The molecule has 4 rings (SSSR count). The molecule has 3 aromatic heterocycles. The van der Waals surface area contributed by atoms with Gasteiger partial charge in [0.1, 0.15) is 17.9 Å². The first kappa shape index (κ1) is 16.0. The Labute approximate surface area is 146 Å². The molecule has 1 N–H and O–H groups in total. The molecule has 0 atom stereocenters. The van der Waals surface area contributed by atoms with Crippen LogP contribution >= 0.6 is 0 Å². The van der Waals surface area contributed by atoms with Crippen LogP contribution in [-0.4, -0.2) is 38.2 Å². The molecular formula is C17H14FN5O3. The number of halogens is 1. The van der Waals surface area contributed by atoms with E-state index in [0.29, 0.717) is 23.3 Å². The second kappa shape index (κ2) is 6.10. The number of imidazole rings is 1. The van der Waals surface area contributed by atoms with Crippen molar-refractivity contribution < 1.29 is 13.9 Å². The van der Waals surface area contributed by atoms with Crippen molar-refractivity contribution in [2.75, 3.05) is 13.7 Å². The number of methoxy groups -OCH3 is 1. The number of aromatic amines is 1. The number of nitrogens with zero attached hydrogens (tertiary/aromatic N) is 4. The maximum atomic E-state index is 14.8. The van der Waals surface area contributed by atoms with Crippen LogP contribution in [0.15, 0.2) is 35.5 Å². The summed E-state index contributed by atoms with van der Waals surface area (Å²) in [6.07, 6.45) is 2.80. The highest BCUT2D eigenvalue weighted by molar-refractivity contribution is 5.88. The van der Waals surface area contributed by atoms with Crippen molar-refractivity contribution in [3.8, 4) is 17.3 Å². The van der Waals surface area contributed by atoms with Crippen LogP contribution in [0, 0.1) is 5.82 Å². The van der Waals surface area contributed by atoms with Crippen molar-refractivity contribution in [3.05, 3.63) is 47.0 Å². The van der Waals surface area contributed by atoms with Gasteiger partial charge in [0.2, 0.25) is 5.88 Å². The number of benzene rings is 1. The minimum Gasteiger partial charge on any atom is -0.496 e. The summed E-state index contributed by atoms with van der Waals surface area (Å²) in [5.74, 6) is 0.0893. The van der Waals surface area contributed by atoms with E-state index in [1.54, 1.807) is 13.0 Å². The second-order valence-corrected chi connectivity index (χ2v) is 5.41. The average molecular weight is 355 g/mol. The predicted octanol–water partition coefficient (Wildman–Crippen LogP) is 2.20. The minimum atomic E-state index is -0.618. The van der Waals surface area contributed by atoms with Gasteiger partial charge in [0.25, 0.3) is 0 Å². The molecule has 0 bridgehead atoms. The van der Waals surface area contributed by atoms with Gasteiger partial charge in [-0.2, -0.15) is 4.98 Å². The highest BCUT2D eigenvalue weighted by Crippen LogP contribution is 2.30. The molecule has 0 saturated heterocycles. The van der Waals surface area contributed by atoms with Gasteiger partial charge in [-0.25, -0.2) is 14.2 Å². The van der Waals surface area contributed by atoms with E-state index in [-0.39, 0.29) is 22.7 Å². The molecule has 0 spiro atoms. The molecule has 26 heavy (non-hydrogen) atoms. The van der Waals surface area contributed by atoms with Gasteiger partial charge in [0.05, 0.1) is 24.9 Å². The first-order chi connectivity index (χ1) is 12.6. The van der Waals surface area contributed by atoms with E-state index in [2.05, 4.69) is 19.9 Å². The number of hydrogen-bond donors (Lipinski definition) is 1. The Morgan fingerprint density at radius 3 is 2.88 bits per heavy atom. The summed E-state index contributed by atoms with van der Waals surface area (Å²) in [5.41, 5.74) is 0.407. The highest BCUT2D eigenvalue weighted by Gasteiger charge is 2.20. The van der Waals surface area contributed by atoms with Crippen molar-refractivity contribution in [2.24, 2.45) is 0 Å². The lowest BCUT2D eigenvalue weighted by Gasteiger charge is -2.10. The van der Waals surface area contributed by atoms with Gasteiger partial charge >= 0.3 is 5.69 Å². The van der Waals surface area contributed by atoms with E-state index in [4.69, 9.17) is 9.47 Å². The Morgan fingerprint density at radius 1 is 1.27 bits per heavy atom. The fraction of sp³-hybridized carbons (Fsp3) is 0.176. The van der Waals surface area contributed by atoms with Crippen LogP contribution in [-0.2, 0) is 0 Å². The third-order valence-electron chi connectivity index (χ3n) is 3.95. The molecule has 1 aromatic carbocycles. The fourth-order valence-corrected chi connectivity index (χ4v) is 2.87. The monoisotopic (exact) mass is 355 g/mol. The molecule has 132 valence electrons. The smallest absolute Gasteiger partial charge is 0.332 e. The number of rotatable bonds is 4. The predicted molar refractivity (Wildman–Crippen MR) is 92.5 cm³/mol. The number of hydrogen-bond acceptors (Lipinski definition) is 6. The molecule has 0 aliphatic carbocycles. The van der Waals surface area contributed by atoms with Gasteiger partial charge in [-0.05, 0) is 19.1 Å². The van der Waals surface area contributed by atoms with Gasteiger partial charge < -0.3 is 9.47 Å². The number of aromatic nitrogens is 5. The number of fused-ring (bicyclic) bond motifs is 2. The fourth-order valence-electron chi connectivity index (χ4n) is 2.87. The Morgan fingerprint density at radius 2 is 2.12 bits per heavy atom. The molecule has 0 unspecified atom stereocenters. The largest absolute Gasteiger partial charge is 0.496 e. The van der Waals surface area contributed by atoms with E-state index in [9.17, 15) is 9.18 Å². The van der Waals surface area contributed by atoms with Crippen LogP contribution in [0.1, 0.15) is 6.92 Å². The van der Waals surface area contributed by atoms with Gasteiger partial charge in [0, 0.05) is 17.6 Å². The lowest BCUT2D eigenvalue weighted by Crippen LogP contribution is -2.16. The van der Waals surface area contributed by atoms with Gasteiger partial charge in [-0.1, -0.05) is 0 Å². The average Bonchev–Trinajstić information content (AvgIpc) is 2.97. The van der Waals surface area contributed by atoms with Crippen molar-refractivity contribution in [3.63, 3.8) is 0 Å². The molecule has 0 fully saturated rings. The number of H-pyrrole nitrogens is 1. The summed E-state index contributed by atoms with van der Waals surface area (Å²) >= 11 is 0. The normalized spacial score (nSPS) is 11.2. The van der Waals surface area contributed by atoms with Crippen LogP contribution in [0.3, 0.4) is 0 Å². The van der Waals surface area contributed by atoms with E-state index in [0.717, 1.165) is 4.57 Å². The molecule has 0 amide bonds. The molecule has 0 aliphatic heterocycles. The van der Waals surface area contributed by atoms with Crippen LogP contribution < -0.4 is 15.2 Å². The van der Waals surface area contributed by atoms with Gasteiger partial charge in [0.15, 0.2) is 11.2 Å². The topological polar surface area (TPSA) is 94.9 Å². The van der Waals surface area contributed by atoms with Crippen molar-refractivity contribution in [1.29, 1.82) is 0 Å².